The molecule has 0 spiro atoms. The molecule has 0 aliphatic carbocycles. The van der Waals surface area contributed by atoms with Crippen molar-refractivity contribution < 1.29 is 0 Å². The zero-order valence-electron chi connectivity index (χ0n) is 8.66. The minimum Gasteiger partial charge on any atom is -0.361 e. The summed E-state index contributed by atoms with van der Waals surface area (Å²) >= 11 is 0. The van der Waals surface area contributed by atoms with Crippen LogP contribution in [0, 0.1) is 0 Å². The summed E-state index contributed by atoms with van der Waals surface area (Å²) in [5.74, 6) is 0.650. The minimum atomic E-state index is 0.650. The number of fused-ring (bicyclic) bond motifs is 1. The van der Waals surface area contributed by atoms with Gasteiger partial charge in [-0.1, -0.05) is 0 Å². The molecular weight excluding hydrogens is 186 g/mol. The molecule has 0 amide bonds. The molecule has 2 aromatic heterocycles. The molecule has 1 aliphatic rings. The van der Waals surface area contributed by atoms with E-state index in [0.29, 0.717) is 5.92 Å². The number of aromatic nitrogens is 2. The second kappa shape index (κ2) is 3.66. The summed E-state index contributed by atoms with van der Waals surface area (Å²) in [5, 5.41) is 4.74. The molecule has 0 aromatic carbocycles. The van der Waals surface area contributed by atoms with E-state index in [2.05, 4.69) is 21.5 Å². The number of rotatable bonds is 1. The van der Waals surface area contributed by atoms with E-state index in [9.17, 15) is 0 Å². The van der Waals surface area contributed by atoms with Gasteiger partial charge in [0.15, 0.2) is 0 Å². The lowest BCUT2D eigenvalue weighted by Crippen LogP contribution is -2.28. The number of pyridine rings is 1. The van der Waals surface area contributed by atoms with Crippen LogP contribution in [-0.2, 0) is 0 Å². The Kier molecular flexibility index (Phi) is 2.18. The lowest BCUT2D eigenvalue weighted by atomic mass is 9.92. The fraction of sp³-hybridized carbons (Fsp3) is 0.417. The quantitative estimate of drug-likeness (QED) is 0.741. The molecule has 2 aromatic rings. The van der Waals surface area contributed by atoms with Gasteiger partial charge in [0.25, 0.3) is 0 Å². The van der Waals surface area contributed by atoms with Gasteiger partial charge in [-0.15, -0.1) is 0 Å². The summed E-state index contributed by atoms with van der Waals surface area (Å²) in [6.07, 6.45) is 8.51. The number of nitrogens with zero attached hydrogens (tertiary/aromatic N) is 1. The smallest absolute Gasteiger partial charge is 0.0487 e. The molecule has 0 saturated carbocycles. The largest absolute Gasteiger partial charge is 0.361 e. The summed E-state index contributed by atoms with van der Waals surface area (Å²) in [5.41, 5.74) is 2.62. The third-order valence-corrected chi connectivity index (χ3v) is 3.25. The van der Waals surface area contributed by atoms with E-state index < -0.39 is 0 Å². The maximum Gasteiger partial charge on any atom is 0.0487 e. The molecular formula is C12H15N3. The molecule has 78 valence electrons. The Labute approximate surface area is 88.9 Å². The van der Waals surface area contributed by atoms with Crippen LogP contribution in [0.1, 0.15) is 24.3 Å². The van der Waals surface area contributed by atoms with Crippen molar-refractivity contribution in [1.29, 1.82) is 0 Å². The number of piperidine rings is 1. The third kappa shape index (κ3) is 1.53. The van der Waals surface area contributed by atoms with Crippen LogP contribution in [0.5, 0.6) is 0 Å². The van der Waals surface area contributed by atoms with Crippen LogP contribution in [0.25, 0.3) is 10.9 Å². The Morgan fingerprint density at radius 3 is 3.27 bits per heavy atom. The molecule has 2 N–H and O–H groups in total. The highest BCUT2D eigenvalue weighted by atomic mass is 14.9. The van der Waals surface area contributed by atoms with Crippen molar-refractivity contribution in [3.63, 3.8) is 0 Å². The van der Waals surface area contributed by atoms with Crippen LogP contribution in [0.2, 0.25) is 0 Å². The Bertz CT molecular complexity index is 455. The van der Waals surface area contributed by atoms with Gasteiger partial charge in [-0.2, -0.15) is 0 Å². The highest BCUT2D eigenvalue weighted by Crippen LogP contribution is 2.29. The van der Waals surface area contributed by atoms with Crippen molar-refractivity contribution >= 4 is 10.9 Å². The summed E-state index contributed by atoms with van der Waals surface area (Å²) in [4.78, 5) is 7.52. The van der Waals surface area contributed by atoms with Gasteiger partial charge in [-0.25, -0.2) is 0 Å². The third-order valence-electron chi connectivity index (χ3n) is 3.25. The molecule has 1 saturated heterocycles. The first kappa shape index (κ1) is 8.92. The maximum absolute atomic E-state index is 4.20. The molecule has 1 fully saturated rings. The van der Waals surface area contributed by atoms with Crippen molar-refractivity contribution in [1.82, 2.24) is 15.3 Å². The van der Waals surface area contributed by atoms with Gasteiger partial charge in [0, 0.05) is 36.0 Å². The van der Waals surface area contributed by atoms with Crippen molar-refractivity contribution in [2.45, 2.75) is 18.8 Å². The Morgan fingerprint density at radius 2 is 2.40 bits per heavy atom. The van der Waals surface area contributed by atoms with Gasteiger partial charge in [0.1, 0.15) is 0 Å². The van der Waals surface area contributed by atoms with E-state index in [-0.39, 0.29) is 0 Å². The predicted molar refractivity (Wildman–Crippen MR) is 60.9 cm³/mol. The fourth-order valence-corrected chi connectivity index (χ4v) is 2.44. The zero-order chi connectivity index (χ0) is 10.1. The molecule has 3 heteroatoms. The predicted octanol–water partition coefficient (Wildman–Crippen LogP) is 2.03. The van der Waals surface area contributed by atoms with Crippen molar-refractivity contribution in [3.05, 3.63) is 30.2 Å². The van der Waals surface area contributed by atoms with Crippen molar-refractivity contribution in [2.75, 3.05) is 13.1 Å². The molecule has 1 unspecified atom stereocenters. The first-order valence-electron chi connectivity index (χ1n) is 5.57. The second-order valence-electron chi connectivity index (χ2n) is 4.21. The molecule has 3 rings (SSSR count). The van der Waals surface area contributed by atoms with E-state index >= 15 is 0 Å². The maximum atomic E-state index is 4.20. The SMILES string of the molecule is c1cc2[nH]cc(C3CCCNC3)c2cn1. The molecule has 0 bridgehead atoms. The van der Waals surface area contributed by atoms with E-state index in [1.54, 1.807) is 0 Å². The van der Waals surface area contributed by atoms with Crippen molar-refractivity contribution in [2.24, 2.45) is 0 Å². The van der Waals surface area contributed by atoms with Gasteiger partial charge in [0.05, 0.1) is 0 Å². The monoisotopic (exact) mass is 201 g/mol. The van der Waals surface area contributed by atoms with Crippen LogP contribution in [0.15, 0.2) is 24.7 Å². The highest BCUT2D eigenvalue weighted by molar-refractivity contribution is 5.82. The fourth-order valence-electron chi connectivity index (χ4n) is 2.44. The van der Waals surface area contributed by atoms with Gasteiger partial charge in [0.2, 0.25) is 0 Å². The molecule has 1 atom stereocenters. The number of hydrogen-bond acceptors (Lipinski definition) is 2. The lowest BCUT2D eigenvalue weighted by Gasteiger charge is -2.22. The minimum absolute atomic E-state index is 0.650. The number of H-pyrrole nitrogens is 1. The first-order chi connectivity index (χ1) is 7.45. The average molecular weight is 201 g/mol. The van der Waals surface area contributed by atoms with Gasteiger partial charge < -0.3 is 10.3 Å². The first-order valence-corrected chi connectivity index (χ1v) is 5.57. The summed E-state index contributed by atoms with van der Waals surface area (Å²) < 4.78 is 0. The van der Waals surface area contributed by atoms with E-state index in [4.69, 9.17) is 0 Å². The van der Waals surface area contributed by atoms with Gasteiger partial charge in [-0.05, 0) is 36.9 Å². The molecule has 0 radical (unpaired) electrons. The molecule has 1 aliphatic heterocycles. The molecule has 3 heterocycles. The summed E-state index contributed by atoms with van der Waals surface area (Å²) in [6, 6.07) is 2.04. The van der Waals surface area contributed by atoms with E-state index in [0.717, 1.165) is 13.1 Å². The van der Waals surface area contributed by atoms with Crippen LogP contribution in [-0.4, -0.2) is 23.1 Å². The lowest BCUT2D eigenvalue weighted by molar-refractivity contribution is 0.463. The van der Waals surface area contributed by atoms with Gasteiger partial charge >= 0.3 is 0 Å². The average Bonchev–Trinajstić information content (AvgIpc) is 2.74. The Balaban J connectivity index is 2.02. The van der Waals surface area contributed by atoms with Crippen LogP contribution in [0.3, 0.4) is 0 Å². The van der Waals surface area contributed by atoms with E-state index in [1.807, 2.05) is 18.5 Å². The summed E-state index contributed by atoms with van der Waals surface area (Å²) in [7, 11) is 0. The molecule has 15 heavy (non-hydrogen) atoms. The number of hydrogen-bond donors (Lipinski definition) is 2. The van der Waals surface area contributed by atoms with Crippen LogP contribution in [0.4, 0.5) is 0 Å². The Morgan fingerprint density at radius 1 is 1.40 bits per heavy atom. The van der Waals surface area contributed by atoms with Crippen molar-refractivity contribution in [3.8, 4) is 0 Å². The topological polar surface area (TPSA) is 40.7 Å². The zero-order valence-corrected chi connectivity index (χ0v) is 8.66. The standard InChI is InChI=1S/C12H15N3/c1-2-9(6-13-4-1)10-8-15-12-3-5-14-7-11(10)12/h3,5,7-9,13,15H,1-2,4,6H2. The normalized spacial score (nSPS) is 22.0. The Hall–Kier alpha value is -1.35. The highest BCUT2D eigenvalue weighted by Gasteiger charge is 2.18. The number of aromatic amines is 1. The van der Waals surface area contributed by atoms with Gasteiger partial charge in [-0.3, -0.25) is 4.98 Å². The summed E-state index contributed by atoms with van der Waals surface area (Å²) in [6.45, 7) is 2.26. The van der Waals surface area contributed by atoms with Crippen LogP contribution >= 0.6 is 0 Å². The van der Waals surface area contributed by atoms with Crippen LogP contribution < -0.4 is 5.32 Å². The second-order valence-corrected chi connectivity index (χ2v) is 4.21. The number of nitrogens with one attached hydrogen (secondary N) is 2. The molecule has 3 nitrogen and oxygen atoms in total. The van der Waals surface area contributed by atoms with E-state index in [1.165, 1.54) is 29.3 Å².